The molecular formula is C22H24N4O4. The van der Waals surface area contributed by atoms with Gasteiger partial charge >= 0.3 is 0 Å². The number of para-hydroxylation sites is 1. The number of ether oxygens (including phenoxy) is 2. The quantitative estimate of drug-likeness (QED) is 0.778. The molecule has 0 saturated carbocycles. The number of carbonyl (C=O) groups is 2. The minimum Gasteiger partial charge on any atom is -0.486 e. The van der Waals surface area contributed by atoms with E-state index in [1.165, 1.54) is 6.08 Å². The zero-order chi connectivity index (χ0) is 21.1. The number of hydrogen-bond acceptors (Lipinski definition) is 6. The van der Waals surface area contributed by atoms with Gasteiger partial charge in [0.25, 0.3) is 0 Å². The highest BCUT2D eigenvalue weighted by Crippen LogP contribution is 2.34. The summed E-state index contributed by atoms with van der Waals surface area (Å²) >= 11 is 0. The summed E-state index contributed by atoms with van der Waals surface area (Å²) in [6, 6.07) is 7.63. The van der Waals surface area contributed by atoms with Gasteiger partial charge in [0, 0.05) is 43.5 Å². The smallest absolute Gasteiger partial charge is 0.246 e. The van der Waals surface area contributed by atoms with Crippen LogP contribution in [0.5, 0.6) is 11.5 Å². The Morgan fingerprint density at radius 2 is 2.13 bits per heavy atom. The van der Waals surface area contributed by atoms with Crippen LogP contribution in [0.4, 0.5) is 5.82 Å². The molecule has 2 aliphatic rings. The standard InChI is InChI=1S/C22H24N4O4/c1-25-12-17-10-15(11-23-22(17)24-19(27)14-25)6-7-20(28)26(2)13-16-4-3-5-18-21(16)30-9-8-29-18/h3-7,10-11H,8-9,12-14H2,1-2H3,(H,23,24,27)/b7-6+. The third-order valence-corrected chi connectivity index (χ3v) is 4.95. The van der Waals surface area contributed by atoms with Crippen molar-refractivity contribution in [2.75, 3.05) is 39.2 Å². The number of nitrogens with zero attached hydrogens (tertiary/aromatic N) is 3. The van der Waals surface area contributed by atoms with E-state index in [1.54, 1.807) is 24.2 Å². The van der Waals surface area contributed by atoms with Gasteiger partial charge in [0.15, 0.2) is 11.5 Å². The number of pyridine rings is 1. The van der Waals surface area contributed by atoms with Crippen molar-refractivity contribution in [3.05, 3.63) is 53.2 Å². The SMILES string of the molecule is CN1CC(=O)Nc2ncc(/C=C/C(=O)N(C)Cc3cccc4c3OCCO4)cc2C1. The first-order chi connectivity index (χ1) is 14.5. The predicted molar refractivity (Wildman–Crippen MR) is 112 cm³/mol. The lowest BCUT2D eigenvalue weighted by atomic mass is 10.1. The maximum atomic E-state index is 12.6. The Labute approximate surface area is 175 Å². The Kier molecular flexibility index (Phi) is 5.67. The Balaban J connectivity index is 1.44. The molecule has 4 rings (SSSR count). The van der Waals surface area contributed by atoms with Gasteiger partial charge in [0.1, 0.15) is 19.0 Å². The fourth-order valence-electron chi connectivity index (χ4n) is 3.50. The predicted octanol–water partition coefficient (Wildman–Crippen LogP) is 1.91. The molecule has 3 heterocycles. The van der Waals surface area contributed by atoms with Gasteiger partial charge in [-0.05, 0) is 30.8 Å². The number of rotatable bonds is 4. The second kappa shape index (κ2) is 8.54. The lowest BCUT2D eigenvalue weighted by Crippen LogP contribution is -2.26. The minimum atomic E-state index is -0.135. The molecule has 1 aromatic carbocycles. The van der Waals surface area contributed by atoms with Crippen molar-refractivity contribution in [2.24, 2.45) is 0 Å². The van der Waals surface area contributed by atoms with Crippen molar-refractivity contribution < 1.29 is 19.1 Å². The fourth-order valence-corrected chi connectivity index (χ4v) is 3.50. The number of hydrogen-bond donors (Lipinski definition) is 1. The van der Waals surface area contributed by atoms with Gasteiger partial charge < -0.3 is 19.7 Å². The van der Waals surface area contributed by atoms with Crippen LogP contribution in [0.15, 0.2) is 36.5 Å². The topological polar surface area (TPSA) is 84.0 Å². The molecule has 8 nitrogen and oxygen atoms in total. The van der Waals surface area contributed by atoms with Gasteiger partial charge in [-0.2, -0.15) is 0 Å². The summed E-state index contributed by atoms with van der Waals surface area (Å²) in [7, 11) is 3.63. The molecule has 2 aliphatic heterocycles. The number of nitrogens with one attached hydrogen (secondary N) is 1. The van der Waals surface area contributed by atoms with E-state index in [0.717, 1.165) is 16.7 Å². The molecule has 0 bridgehead atoms. The number of benzene rings is 1. The van der Waals surface area contributed by atoms with Crippen LogP contribution in [0.25, 0.3) is 6.08 Å². The average molecular weight is 408 g/mol. The third kappa shape index (κ3) is 4.44. The Bertz CT molecular complexity index is 1000. The molecule has 0 fully saturated rings. The first-order valence-corrected chi connectivity index (χ1v) is 9.77. The molecule has 0 atom stereocenters. The summed E-state index contributed by atoms with van der Waals surface area (Å²) in [6.07, 6.45) is 4.90. The van der Waals surface area contributed by atoms with Crippen molar-refractivity contribution in [3.63, 3.8) is 0 Å². The number of amides is 2. The Morgan fingerprint density at radius 3 is 3.00 bits per heavy atom. The van der Waals surface area contributed by atoms with Crippen molar-refractivity contribution in [1.82, 2.24) is 14.8 Å². The molecule has 2 amide bonds. The highest BCUT2D eigenvalue weighted by Gasteiger charge is 2.19. The van der Waals surface area contributed by atoms with E-state index in [-0.39, 0.29) is 11.8 Å². The van der Waals surface area contributed by atoms with Crippen LogP contribution in [0, 0.1) is 0 Å². The van der Waals surface area contributed by atoms with E-state index in [1.807, 2.05) is 36.2 Å². The van der Waals surface area contributed by atoms with Crippen LogP contribution in [0.3, 0.4) is 0 Å². The monoisotopic (exact) mass is 408 g/mol. The highest BCUT2D eigenvalue weighted by molar-refractivity contribution is 5.93. The molecule has 2 aromatic rings. The molecular weight excluding hydrogens is 384 g/mol. The van der Waals surface area contributed by atoms with Crippen molar-refractivity contribution in [2.45, 2.75) is 13.1 Å². The summed E-state index contributed by atoms with van der Waals surface area (Å²) in [6.45, 7) is 2.38. The summed E-state index contributed by atoms with van der Waals surface area (Å²) in [5.41, 5.74) is 2.62. The number of fused-ring (bicyclic) bond motifs is 2. The van der Waals surface area contributed by atoms with Crippen molar-refractivity contribution in [3.8, 4) is 11.5 Å². The van der Waals surface area contributed by atoms with Crippen LogP contribution in [0.2, 0.25) is 0 Å². The summed E-state index contributed by atoms with van der Waals surface area (Å²) in [5.74, 6) is 1.77. The zero-order valence-corrected chi connectivity index (χ0v) is 17.1. The van der Waals surface area contributed by atoms with E-state index < -0.39 is 0 Å². The van der Waals surface area contributed by atoms with E-state index in [0.29, 0.717) is 50.2 Å². The largest absolute Gasteiger partial charge is 0.486 e. The van der Waals surface area contributed by atoms with Crippen molar-refractivity contribution >= 4 is 23.7 Å². The third-order valence-electron chi connectivity index (χ3n) is 4.95. The van der Waals surface area contributed by atoms with Crippen molar-refractivity contribution in [1.29, 1.82) is 0 Å². The van der Waals surface area contributed by atoms with Crippen LogP contribution >= 0.6 is 0 Å². The zero-order valence-electron chi connectivity index (χ0n) is 17.1. The minimum absolute atomic E-state index is 0.0821. The molecule has 30 heavy (non-hydrogen) atoms. The van der Waals surface area contributed by atoms with Gasteiger partial charge in [-0.15, -0.1) is 0 Å². The first kappa shape index (κ1) is 19.9. The van der Waals surface area contributed by atoms with Gasteiger partial charge in [-0.3, -0.25) is 14.5 Å². The molecule has 0 unspecified atom stereocenters. The molecule has 8 heteroatoms. The van der Waals surface area contributed by atoms with Crippen LogP contribution in [0.1, 0.15) is 16.7 Å². The van der Waals surface area contributed by atoms with Gasteiger partial charge in [0.05, 0.1) is 6.54 Å². The number of aromatic nitrogens is 1. The van der Waals surface area contributed by atoms with Gasteiger partial charge in [-0.1, -0.05) is 12.1 Å². The van der Waals surface area contributed by atoms with Crippen LogP contribution < -0.4 is 14.8 Å². The van der Waals surface area contributed by atoms with E-state index in [4.69, 9.17) is 9.47 Å². The fraction of sp³-hybridized carbons (Fsp3) is 0.318. The summed E-state index contributed by atoms with van der Waals surface area (Å²) < 4.78 is 11.3. The maximum absolute atomic E-state index is 12.6. The van der Waals surface area contributed by atoms with E-state index in [2.05, 4.69) is 10.3 Å². The molecule has 156 valence electrons. The van der Waals surface area contributed by atoms with E-state index in [9.17, 15) is 9.59 Å². The summed E-state index contributed by atoms with van der Waals surface area (Å²) in [5, 5.41) is 2.80. The molecule has 1 aromatic heterocycles. The Hall–Kier alpha value is -3.39. The van der Waals surface area contributed by atoms with Crippen LogP contribution in [-0.2, 0) is 22.7 Å². The first-order valence-electron chi connectivity index (χ1n) is 9.77. The van der Waals surface area contributed by atoms with Gasteiger partial charge in [-0.25, -0.2) is 4.98 Å². The molecule has 0 radical (unpaired) electrons. The normalized spacial score (nSPS) is 16.0. The molecule has 0 aliphatic carbocycles. The number of anilines is 1. The lowest BCUT2D eigenvalue weighted by Gasteiger charge is -2.23. The molecule has 0 saturated heterocycles. The Morgan fingerprint density at radius 1 is 1.30 bits per heavy atom. The molecule has 1 N–H and O–H groups in total. The maximum Gasteiger partial charge on any atom is 0.246 e. The number of likely N-dealkylation sites (N-methyl/N-ethyl adjacent to an activating group) is 2. The highest BCUT2D eigenvalue weighted by atomic mass is 16.6. The average Bonchev–Trinajstić information content (AvgIpc) is 2.88. The van der Waals surface area contributed by atoms with E-state index >= 15 is 0 Å². The summed E-state index contributed by atoms with van der Waals surface area (Å²) in [4.78, 5) is 32.3. The second-order valence-electron chi connectivity index (χ2n) is 7.47. The number of carbonyl (C=O) groups excluding carboxylic acids is 2. The lowest BCUT2D eigenvalue weighted by molar-refractivity contribution is -0.125. The second-order valence-corrected chi connectivity index (χ2v) is 7.47. The van der Waals surface area contributed by atoms with Gasteiger partial charge in [0.2, 0.25) is 11.8 Å². The van der Waals surface area contributed by atoms with Crippen LogP contribution in [-0.4, -0.2) is 60.5 Å². The molecule has 0 spiro atoms.